The van der Waals surface area contributed by atoms with E-state index in [1.165, 1.54) is 0 Å². The van der Waals surface area contributed by atoms with Gasteiger partial charge in [0.1, 0.15) is 5.76 Å². The summed E-state index contributed by atoms with van der Waals surface area (Å²) < 4.78 is 6.25. The van der Waals surface area contributed by atoms with Gasteiger partial charge in [-0.3, -0.25) is 9.59 Å². The standard InChI is InChI=1S/C20H24O4/c1-11(2)15-16(21)12-5-6-14-19(3)7-4-8-20(14,24-10-19)9-13(12)17(22)18(15)23/h5-6,11,14,21H,4,7-10H2,1-3H3/t14-,19+,20-/m0/s1. The minimum Gasteiger partial charge on any atom is -0.507 e. The summed E-state index contributed by atoms with van der Waals surface area (Å²) in [6.07, 6.45) is 7.49. The Morgan fingerprint density at radius 3 is 2.71 bits per heavy atom. The molecule has 4 nitrogen and oxygen atoms in total. The lowest BCUT2D eigenvalue weighted by Crippen LogP contribution is -2.43. The highest BCUT2D eigenvalue weighted by atomic mass is 16.5. The number of ketones is 2. The molecule has 0 radical (unpaired) electrons. The molecule has 0 aromatic heterocycles. The van der Waals surface area contributed by atoms with Crippen molar-refractivity contribution in [3.8, 4) is 0 Å². The number of hydrogen-bond donors (Lipinski definition) is 1. The van der Waals surface area contributed by atoms with Crippen LogP contribution in [0.3, 0.4) is 0 Å². The first-order valence-electron chi connectivity index (χ1n) is 8.87. The summed E-state index contributed by atoms with van der Waals surface area (Å²) in [5, 5.41) is 10.7. The highest BCUT2D eigenvalue weighted by molar-refractivity contribution is 6.50. The van der Waals surface area contributed by atoms with Crippen molar-refractivity contribution in [2.24, 2.45) is 17.3 Å². The van der Waals surface area contributed by atoms with Gasteiger partial charge in [-0.05, 0) is 30.6 Å². The fourth-order valence-electron chi connectivity index (χ4n) is 5.19. The van der Waals surface area contributed by atoms with Crippen molar-refractivity contribution in [1.29, 1.82) is 0 Å². The molecule has 0 unspecified atom stereocenters. The van der Waals surface area contributed by atoms with Crippen LogP contribution in [0.4, 0.5) is 0 Å². The van der Waals surface area contributed by atoms with Gasteiger partial charge in [-0.25, -0.2) is 0 Å². The van der Waals surface area contributed by atoms with Crippen LogP contribution in [-0.2, 0) is 14.3 Å². The van der Waals surface area contributed by atoms with Crippen LogP contribution in [0.2, 0.25) is 0 Å². The van der Waals surface area contributed by atoms with Crippen LogP contribution in [0.1, 0.15) is 46.5 Å². The van der Waals surface area contributed by atoms with Crippen LogP contribution in [0, 0.1) is 17.3 Å². The van der Waals surface area contributed by atoms with Crippen LogP contribution in [0.15, 0.2) is 34.6 Å². The molecular formula is C20H24O4. The van der Waals surface area contributed by atoms with Crippen LogP contribution in [0.5, 0.6) is 0 Å². The zero-order valence-corrected chi connectivity index (χ0v) is 14.5. The number of ether oxygens (including phenoxy) is 1. The van der Waals surface area contributed by atoms with E-state index in [4.69, 9.17) is 4.74 Å². The average molecular weight is 328 g/mol. The maximum atomic E-state index is 12.8. The Labute approximate surface area is 142 Å². The predicted octanol–water partition coefficient (Wildman–Crippen LogP) is 3.44. The first-order valence-corrected chi connectivity index (χ1v) is 8.87. The van der Waals surface area contributed by atoms with E-state index in [0.29, 0.717) is 24.2 Å². The molecule has 2 bridgehead atoms. The molecule has 1 N–H and O–H groups in total. The van der Waals surface area contributed by atoms with Gasteiger partial charge in [-0.2, -0.15) is 0 Å². The van der Waals surface area contributed by atoms with Gasteiger partial charge in [-0.1, -0.05) is 32.9 Å². The fourth-order valence-corrected chi connectivity index (χ4v) is 5.19. The molecule has 1 aliphatic heterocycles. The van der Waals surface area contributed by atoms with Gasteiger partial charge in [0.15, 0.2) is 0 Å². The largest absolute Gasteiger partial charge is 0.507 e. The number of Topliss-reactive ketones (excluding diaryl/α,β-unsaturated/α-hetero) is 2. The Hall–Kier alpha value is -1.68. The maximum Gasteiger partial charge on any atom is 0.233 e. The van der Waals surface area contributed by atoms with Crippen molar-refractivity contribution in [2.75, 3.05) is 6.61 Å². The van der Waals surface area contributed by atoms with Gasteiger partial charge in [-0.15, -0.1) is 0 Å². The summed E-state index contributed by atoms with van der Waals surface area (Å²) in [7, 11) is 0. The van der Waals surface area contributed by atoms with Gasteiger partial charge in [0, 0.05) is 29.1 Å². The smallest absolute Gasteiger partial charge is 0.233 e. The normalized spacial score (nSPS) is 38.6. The third-order valence-electron chi connectivity index (χ3n) is 6.42. The van der Waals surface area contributed by atoms with E-state index < -0.39 is 17.2 Å². The molecule has 0 spiro atoms. The molecule has 2 fully saturated rings. The lowest BCUT2D eigenvalue weighted by Gasteiger charge is -2.42. The van der Waals surface area contributed by atoms with Crippen molar-refractivity contribution in [3.63, 3.8) is 0 Å². The van der Waals surface area contributed by atoms with Crippen molar-refractivity contribution >= 4 is 11.6 Å². The minimum absolute atomic E-state index is 0.0167. The maximum absolute atomic E-state index is 12.8. The third-order valence-corrected chi connectivity index (χ3v) is 6.42. The summed E-state index contributed by atoms with van der Waals surface area (Å²) >= 11 is 0. The number of hydrogen-bond acceptors (Lipinski definition) is 4. The Morgan fingerprint density at radius 1 is 1.25 bits per heavy atom. The van der Waals surface area contributed by atoms with E-state index in [-0.39, 0.29) is 28.6 Å². The van der Waals surface area contributed by atoms with Crippen molar-refractivity contribution in [2.45, 2.75) is 52.1 Å². The molecule has 128 valence electrons. The lowest BCUT2D eigenvalue weighted by molar-refractivity contribution is -0.133. The van der Waals surface area contributed by atoms with E-state index in [1.807, 2.05) is 19.9 Å². The fraction of sp³-hybridized carbons (Fsp3) is 0.600. The van der Waals surface area contributed by atoms with Crippen LogP contribution < -0.4 is 0 Å². The second-order valence-corrected chi connectivity index (χ2v) is 8.34. The molecule has 1 saturated heterocycles. The Kier molecular flexibility index (Phi) is 3.24. The molecule has 1 heterocycles. The first kappa shape index (κ1) is 15.8. The SMILES string of the molecule is CC(C)C1=C(O)C2=C(C[C@]34CCC[C@](C)(CO3)[C@@H]4C=C2)C(=O)C1=O. The zero-order chi connectivity index (χ0) is 17.3. The van der Waals surface area contributed by atoms with Crippen LogP contribution in [0.25, 0.3) is 0 Å². The monoisotopic (exact) mass is 328 g/mol. The Balaban J connectivity index is 1.87. The van der Waals surface area contributed by atoms with Crippen molar-refractivity contribution in [3.05, 3.63) is 34.6 Å². The number of allylic oxidation sites excluding steroid dienone is 2. The van der Waals surface area contributed by atoms with Gasteiger partial charge < -0.3 is 9.84 Å². The number of carbonyl (C=O) groups is 2. The predicted molar refractivity (Wildman–Crippen MR) is 89.4 cm³/mol. The van der Waals surface area contributed by atoms with Crippen LogP contribution >= 0.6 is 0 Å². The molecule has 4 aliphatic rings. The summed E-state index contributed by atoms with van der Waals surface area (Å²) in [6.45, 7) is 6.60. The van der Waals surface area contributed by atoms with Crippen molar-refractivity contribution in [1.82, 2.24) is 0 Å². The Bertz CT molecular complexity index is 739. The lowest BCUT2D eigenvalue weighted by atomic mass is 9.62. The molecule has 0 amide bonds. The van der Waals surface area contributed by atoms with Crippen LogP contribution in [-0.4, -0.2) is 28.9 Å². The molecule has 1 saturated carbocycles. The van der Waals surface area contributed by atoms with Crippen molar-refractivity contribution < 1.29 is 19.4 Å². The molecule has 24 heavy (non-hydrogen) atoms. The van der Waals surface area contributed by atoms with Gasteiger partial charge in [0.25, 0.3) is 0 Å². The summed E-state index contributed by atoms with van der Waals surface area (Å²) in [6, 6.07) is 0. The topological polar surface area (TPSA) is 63.6 Å². The molecule has 4 rings (SSSR count). The Morgan fingerprint density at radius 2 is 2.00 bits per heavy atom. The van der Waals surface area contributed by atoms with Gasteiger partial charge in [0.2, 0.25) is 11.6 Å². The van der Waals surface area contributed by atoms with E-state index >= 15 is 0 Å². The molecule has 0 aromatic rings. The highest BCUT2D eigenvalue weighted by Crippen LogP contribution is 2.58. The average Bonchev–Trinajstić information content (AvgIpc) is 2.68. The molecule has 4 heteroatoms. The molecule has 3 atom stereocenters. The highest BCUT2D eigenvalue weighted by Gasteiger charge is 2.58. The number of carbonyl (C=O) groups excluding carboxylic acids is 2. The molecular weight excluding hydrogens is 304 g/mol. The minimum atomic E-state index is -0.555. The number of rotatable bonds is 1. The molecule has 3 aliphatic carbocycles. The quantitative estimate of drug-likeness (QED) is 0.591. The third kappa shape index (κ3) is 1.89. The molecule has 0 aromatic carbocycles. The summed E-state index contributed by atoms with van der Waals surface area (Å²) in [5.41, 5.74) is 0.891. The van der Waals surface area contributed by atoms with Gasteiger partial charge >= 0.3 is 0 Å². The second kappa shape index (κ2) is 4.92. The van der Waals surface area contributed by atoms with E-state index in [2.05, 4.69) is 13.0 Å². The van der Waals surface area contributed by atoms with E-state index in [0.717, 1.165) is 19.3 Å². The number of aliphatic hydroxyl groups is 1. The van der Waals surface area contributed by atoms with E-state index in [9.17, 15) is 14.7 Å². The first-order chi connectivity index (χ1) is 11.3. The van der Waals surface area contributed by atoms with E-state index in [1.54, 1.807) is 0 Å². The second-order valence-electron chi connectivity index (χ2n) is 8.34. The zero-order valence-electron chi connectivity index (χ0n) is 14.5. The van der Waals surface area contributed by atoms with Gasteiger partial charge in [0.05, 0.1) is 12.2 Å². The number of aliphatic hydroxyl groups excluding tert-OH is 1. The summed E-state index contributed by atoms with van der Waals surface area (Å²) in [5.74, 6) is -0.993. The summed E-state index contributed by atoms with van der Waals surface area (Å²) in [4.78, 5) is 25.3.